The van der Waals surface area contributed by atoms with Gasteiger partial charge in [-0.25, -0.2) is 9.97 Å². The van der Waals surface area contributed by atoms with Crippen molar-refractivity contribution in [3.8, 4) is 23.3 Å². The molecule has 4 heterocycles. The number of aromatic amines is 1. The summed E-state index contributed by atoms with van der Waals surface area (Å²) in [5.74, 6) is -1.09. The van der Waals surface area contributed by atoms with Crippen molar-refractivity contribution >= 4 is 70.2 Å². The van der Waals surface area contributed by atoms with Gasteiger partial charge in [0.2, 0.25) is 10.6 Å². The van der Waals surface area contributed by atoms with Crippen molar-refractivity contribution in [2.45, 2.75) is 82.0 Å². The summed E-state index contributed by atoms with van der Waals surface area (Å²) in [7, 11) is 1.37. The second-order valence-corrected chi connectivity index (χ2v) is 20.5. The lowest BCUT2D eigenvalue weighted by molar-refractivity contribution is -0.0796. The van der Waals surface area contributed by atoms with E-state index in [1.807, 2.05) is 69.3 Å². The van der Waals surface area contributed by atoms with Crippen LogP contribution in [0.5, 0.6) is 23.3 Å². The van der Waals surface area contributed by atoms with Gasteiger partial charge in [0, 0.05) is 16.5 Å². The molecule has 2 unspecified atom stereocenters. The average Bonchev–Trinajstić information content (AvgIpc) is 3.72. The minimum Gasteiger partial charge on any atom is -0.470 e. The number of hydrogen-bond donors (Lipinski definition) is 3. The molecule has 23 heteroatoms. The van der Waals surface area contributed by atoms with Crippen molar-refractivity contribution in [1.82, 2.24) is 39.5 Å². The largest absolute Gasteiger partial charge is 0.470 e. The molecule has 1 fully saturated rings. The van der Waals surface area contributed by atoms with Crippen molar-refractivity contribution in [1.29, 1.82) is 0 Å². The summed E-state index contributed by atoms with van der Waals surface area (Å²) >= 11 is 29.9. The van der Waals surface area contributed by atoms with Gasteiger partial charge in [-0.05, 0) is 102 Å². The molecule has 4 aromatic carbocycles. The number of aliphatic hydroxyl groups is 2. The van der Waals surface area contributed by atoms with Crippen LogP contribution in [0, 0.1) is 16.0 Å². The fourth-order valence-electron chi connectivity index (χ4n) is 7.50. The molecule has 3 N–H and O–H groups in total. The lowest BCUT2D eigenvalue weighted by Gasteiger charge is -2.40. The second kappa shape index (κ2) is 24.9. The Labute approximate surface area is 451 Å². The lowest BCUT2D eigenvalue weighted by Crippen LogP contribution is -2.47. The zero-order valence-corrected chi connectivity index (χ0v) is 44.5. The van der Waals surface area contributed by atoms with Gasteiger partial charge >= 0.3 is 0 Å². The zero-order chi connectivity index (χ0) is 52.9. The fourth-order valence-corrected chi connectivity index (χ4v) is 8.39. The number of alkyl halides is 1. The molecule has 74 heavy (non-hydrogen) atoms. The maximum Gasteiger partial charge on any atom is 0.280 e. The molecule has 0 spiro atoms. The molecule has 0 saturated heterocycles. The molecule has 1 aliphatic heterocycles. The Morgan fingerprint density at radius 2 is 1.51 bits per heavy atom. The highest BCUT2D eigenvalue weighted by molar-refractivity contribution is 7.71. The van der Waals surface area contributed by atoms with Crippen LogP contribution in [0.15, 0.2) is 133 Å². The smallest absolute Gasteiger partial charge is 0.280 e. The summed E-state index contributed by atoms with van der Waals surface area (Å²) in [5.41, 5.74) is 0.394. The van der Waals surface area contributed by atoms with Gasteiger partial charge in [-0.15, -0.1) is 11.6 Å². The van der Waals surface area contributed by atoms with Gasteiger partial charge < -0.3 is 34.1 Å². The molecule has 3 aromatic heterocycles. The SMILES string of the molecule is CC(C)(C)C(O)(CCc1ccc(Cl)cc1)Cn1cncn1.CO/N=C(/C1=NOCCO1)c1ccccc1Oc1ncnc(Oc2ccccc2Cl)c1F.OC(Cc1ccccc1Cl)(Cn1[nH]cnc1=S)C1(Cl)CC1. The molecule has 7 aromatic rings. The van der Waals surface area contributed by atoms with Gasteiger partial charge in [-0.1, -0.05) is 115 Å². The first kappa shape index (κ1) is 55.6. The molecule has 390 valence electrons. The van der Waals surface area contributed by atoms with Gasteiger partial charge in [-0.2, -0.15) is 19.5 Å². The Morgan fingerprint density at radius 3 is 2.11 bits per heavy atom. The molecule has 9 rings (SSSR count). The van der Waals surface area contributed by atoms with Gasteiger partial charge in [-0.3, -0.25) is 14.5 Å². The Kier molecular flexibility index (Phi) is 18.7. The molecule has 1 saturated carbocycles. The Hall–Kier alpha value is -6.19. The molecule has 0 radical (unpaired) electrons. The molecule has 1 aliphatic carbocycles. The van der Waals surface area contributed by atoms with Crippen LogP contribution in [0.4, 0.5) is 4.39 Å². The number of nitrogens with zero attached hydrogens (tertiary/aromatic N) is 9. The normalized spacial score (nSPS) is 15.5. The molecular weight excluding hydrogens is 1060 g/mol. The third-order valence-corrected chi connectivity index (χ3v) is 14.1. The lowest BCUT2D eigenvalue weighted by atomic mass is 9.73. The van der Waals surface area contributed by atoms with E-state index in [1.54, 1.807) is 64.2 Å². The molecule has 2 aliphatic rings. The number of ether oxygens (including phenoxy) is 3. The third kappa shape index (κ3) is 14.3. The highest BCUT2D eigenvalue weighted by atomic mass is 35.5. The summed E-state index contributed by atoms with van der Waals surface area (Å²) in [6.45, 7) is 7.43. The van der Waals surface area contributed by atoms with Crippen LogP contribution in [0.1, 0.15) is 56.7 Å². The molecule has 2 atom stereocenters. The second-order valence-electron chi connectivity index (χ2n) is 18.2. The summed E-state index contributed by atoms with van der Waals surface area (Å²) in [5, 5.41) is 38.8. The van der Waals surface area contributed by atoms with Crippen molar-refractivity contribution in [3.05, 3.63) is 165 Å². The number of para-hydroxylation sites is 2. The van der Waals surface area contributed by atoms with E-state index in [1.165, 1.54) is 25.3 Å². The van der Waals surface area contributed by atoms with E-state index in [2.05, 4.69) is 40.4 Å². The highest BCUT2D eigenvalue weighted by Crippen LogP contribution is 2.53. The van der Waals surface area contributed by atoms with Crippen LogP contribution in [-0.2, 0) is 40.3 Å². The number of aromatic nitrogens is 8. The van der Waals surface area contributed by atoms with E-state index in [9.17, 15) is 10.2 Å². The van der Waals surface area contributed by atoms with E-state index in [4.69, 9.17) is 82.5 Å². The standard InChI is InChI=1S/C21H16ClFN4O5.C16H22ClN3O.C14H15Cl2N3OS/c1-28-26-18(21-27-30-11-10-29-21)13-6-2-4-8-15(13)31-19-17(23)20(25-12-24-19)32-16-9-5-3-7-14(16)22;1-15(2,3)16(21,10-20-12-18-11-19-20)9-8-13-4-6-14(17)7-5-13;15-11-4-2-1-3-10(11)7-14(20,13(16)5-6-13)8-19-12(21)17-9-18-19/h2-9,12H,10-11H2,1H3;4-7,11-12,21H,8-10H2,1-3H3;1-4,9,20H,5-8H2,(H,17,18,21)/b26-18+;;. The Bertz CT molecular complexity index is 3080. The fraction of sp³-hybridized carbons (Fsp3) is 0.333. The Balaban J connectivity index is 0.000000168. The van der Waals surface area contributed by atoms with Crippen molar-refractivity contribution in [2.75, 3.05) is 20.3 Å². The van der Waals surface area contributed by atoms with Gasteiger partial charge in [0.15, 0.2) is 12.3 Å². The number of oxime groups is 2. The number of hydrogen-bond acceptors (Lipinski definition) is 15. The molecule has 17 nitrogen and oxygen atoms in total. The minimum absolute atomic E-state index is 0.0973. The topological polar surface area (TPSA) is 201 Å². The van der Waals surface area contributed by atoms with Crippen LogP contribution >= 0.6 is 58.6 Å². The van der Waals surface area contributed by atoms with Gasteiger partial charge in [0.05, 0.1) is 34.2 Å². The quantitative estimate of drug-likeness (QED) is 0.0337. The number of nitrogens with one attached hydrogen (secondary N) is 1. The first-order chi connectivity index (χ1) is 35.4. The predicted molar refractivity (Wildman–Crippen MR) is 282 cm³/mol. The number of halogens is 5. The van der Waals surface area contributed by atoms with Crippen LogP contribution in [0.2, 0.25) is 15.1 Å². The van der Waals surface area contributed by atoms with Gasteiger partial charge in [0.25, 0.3) is 17.7 Å². The first-order valence-electron chi connectivity index (χ1n) is 23.1. The zero-order valence-electron chi connectivity index (χ0n) is 40.7. The molecule has 0 amide bonds. The minimum atomic E-state index is -1.13. The van der Waals surface area contributed by atoms with E-state index in [0.717, 1.165) is 36.2 Å². The van der Waals surface area contributed by atoms with Crippen LogP contribution in [0.3, 0.4) is 0 Å². The van der Waals surface area contributed by atoms with E-state index in [-0.39, 0.29) is 53.4 Å². The van der Waals surface area contributed by atoms with Crippen LogP contribution in [-0.4, -0.2) is 97.7 Å². The van der Waals surface area contributed by atoms with Gasteiger partial charge in [0.1, 0.15) is 56.1 Å². The van der Waals surface area contributed by atoms with Crippen molar-refractivity contribution in [2.24, 2.45) is 15.7 Å². The number of benzene rings is 4. The van der Waals surface area contributed by atoms with E-state index >= 15 is 4.39 Å². The summed E-state index contributed by atoms with van der Waals surface area (Å²) < 4.78 is 35.5. The van der Waals surface area contributed by atoms with Crippen molar-refractivity contribution in [3.63, 3.8) is 0 Å². The highest BCUT2D eigenvalue weighted by Gasteiger charge is 2.58. The number of H-pyrrole nitrogens is 1. The average molecular weight is 1110 g/mol. The van der Waals surface area contributed by atoms with Crippen LogP contribution < -0.4 is 9.47 Å². The molecular formula is C51H53Cl4FN10O7S. The molecule has 0 bridgehead atoms. The maximum absolute atomic E-state index is 15.1. The maximum atomic E-state index is 15.1. The van der Waals surface area contributed by atoms with Crippen LogP contribution in [0.25, 0.3) is 0 Å². The summed E-state index contributed by atoms with van der Waals surface area (Å²) in [6, 6.07) is 28.6. The Morgan fingerprint density at radius 1 is 0.851 bits per heavy atom. The predicted octanol–water partition coefficient (Wildman–Crippen LogP) is 11.2. The summed E-state index contributed by atoms with van der Waals surface area (Å²) in [6.07, 6.45) is 9.11. The van der Waals surface area contributed by atoms with Crippen molar-refractivity contribution < 1.29 is 38.5 Å². The first-order valence-corrected chi connectivity index (χ1v) is 25.0. The van der Waals surface area contributed by atoms with E-state index in [0.29, 0.717) is 46.4 Å². The third-order valence-electron chi connectivity index (χ3n) is 12.1. The number of rotatable bonds is 17. The summed E-state index contributed by atoms with van der Waals surface area (Å²) in [4.78, 5) is 25.0. The van der Waals surface area contributed by atoms with E-state index < -0.39 is 21.9 Å². The monoisotopic (exact) mass is 1110 g/mol. The number of aryl methyl sites for hydroxylation is 1.